The molecule has 21 heavy (non-hydrogen) atoms. The van der Waals surface area contributed by atoms with Gasteiger partial charge in [0, 0.05) is 25.7 Å². The van der Waals surface area contributed by atoms with Crippen LogP contribution < -0.4 is 10.6 Å². The molecule has 1 heterocycles. The zero-order chi connectivity index (χ0) is 15.8. The molecule has 122 valence electrons. The fourth-order valence-electron chi connectivity index (χ4n) is 2.61. The van der Waals surface area contributed by atoms with Gasteiger partial charge in [-0.25, -0.2) is 0 Å². The van der Waals surface area contributed by atoms with Crippen LogP contribution in [0.3, 0.4) is 0 Å². The van der Waals surface area contributed by atoms with Gasteiger partial charge in [-0.05, 0) is 26.7 Å². The van der Waals surface area contributed by atoms with Crippen molar-refractivity contribution in [1.82, 2.24) is 15.5 Å². The molecule has 2 atom stereocenters. The summed E-state index contributed by atoms with van der Waals surface area (Å²) in [5.41, 5.74) is 0. The topological polar surface area (TPSA) is 70.7 Å². The molecule has 1 saturated heterocycles. The van der Waals surface area contributed by atoms with E-state index in [1.807, 2.05) is 11.8 Å². The Hall–Kier alpha value is -1.14. The molecule has 0 aliphatic carbocycles. The number of esters is 1. The Bertz CT molecular complexity index is 345. The average molecular weight is 299 g/mol. The number of carbonyl (C=O) groups excluding carboxylic acids is 2. The first-order valence-electron chi connectivity index (χ1n) is 7.98. The highest BCUT2D eigenvalue weighted by Crippen LogP contribution is 2.11. The van der Waals surface area contributed by atoms with E-state index in [-0.39, 0.29) is 30.0 Å². The van der Waals surface area contributed by atoms with Crippen molar-refractivity contribution in [3.8, 4) is 0 Å². The smallest absolute Gasteiger partial charge is 0.324 e. The van der Waals surface area contributed by atoms with Crippen molar-refractivity contribution in [3.05, 3.63) is 0 Å². The fraction of sp³-hybridized carbons (Fsp3) is 0.867. The molecule has 0 radical (unpaired) electrons. The van der Waals surface area contributed by atoms with Gasteiger partial charge in [0.05, 0.1) is 12.6 Å². The normalized spacial score (nSPS) is 21.1. The lowest BCUT2D eigenvalue weighted by molar-refractivity contribution is -0.152. The van der Waals surface area contributed by atoms with Crippen LogP contribution in [0, 0.1) is 0 Å². The Morgan fingerprint density at radius 1 is 1.33 bits per heavy atom. The lowest BCUT2D eigenvalue weighted by Gasteiger charge is -2.38. The Kier molecular flexibility index (Phi) is 7.67. The summed E-state index contributed by atoms with van der Waals surface area (Å²) < 4.78 is 5.11. The van der Waals surface area contributed by atoms with Gasteiger partial charge in [-0.1, -0.05) is 13.8 Å². The number of nitrogens with zero attached hydrogens (tertiary/aromatic N) is 1. The fourth-order valence-corrected chi connectivity index (χ4v) is 2.61. The molecule has 0 aromatic heterocycles. The summed E-state index contributed by atoms with van der Waals surface area (Å²) >= 11 is 0. The number of nitrogens with one attached hydrogen (secondary N) is 2. The van der Waals surface area contributed by atoms with E-state index in [4.69, 9.17) is 4.74 Å². The summed E-state index contributed by atoms with van der Waals surface area (Å²) in [6.45, 7) is 10.1. The number of ether oxygens (including phenoxy) is 1. The van der Waals surface area contributed by atoms with E-state index >= 15 is 0 Å². The van der Waals surface area contributed by atoms with Crippen LogP contribution in [-0.2, 0) is 14.3 Å². The molecule has 0 saturated carbocycles. The molecule has 0 spiro atoms. The number of rotatable bonds is 7. The van der Waals surface area contributed by atoms with Gasteiger partial charge in [0.15, 0.2) is 0 Å². The molecular formula is C15H29N3O3. The van der Waals surface area contributed by atoms with Crippen molar-refractivity contribution >= 4 is 11.9 Å². The summed E-state index contributed by atoms with van der Waals surface area (Å²) in [5.74, 6) is -0.271. The maximum Gasteiger partial charge on any atom is 0.324 e. The lowest BCUT2D eigenvalue weighted by atomic mass is 10.1. The highest BCUT2D eigenvalue weighted by Gasteiger charge is 2.35. The number of carbonyl (C=O) groups is 2. The van der Waals surface area contributed by atoms with Crippen LogP contribution in [0.5, 0.6) is 0 Å². The molecule has 6 nitrogen and oxygen atoms in total. The SMILES string of the molecule is CCOC(=O)C1CNCCN1C(C)C(=O)NC(CC)CC. The Labute approximate surface area is 127 Å². The van der Waals surface area contributed by atoms with Crippen molar-refractivity contribution in [2.45, 2.75) is 58.7 Å². The highest BCUT2D eigenvalue weighted by atomic mass is 16.5. The predicted octanol–water partition coefficient (Wildman–Crippen LogP) is 0.517. The average Bonchev–Trinajstić information content (AvgIpc) is 2.51. The Morgan fingerprint density at radius 3 is 2.57 bits per heavy atom. The first-order valence-corrected chi connectivity index (χ1v) is 7.98. The molecule has 0 aromatic carbocycles. The van der Waals surface area contributed by atoms with E-state index in [1.54, 1.807) is 6.92 Å². The monoisotopic (exact) mass is 299 g/mol. The molecule has 2 unspecified atom stereocenters. The van der Waals surface area contributed by atoms with Gasteiger partial charge in [0.2, 0.25) is 5.91 Å². The van der Waals surface area contributed by atoms with Gasteiger partial charge >= 0.3 is 5.97 Å². The van der Waals surface area contributed by atoms with Crippen molar-refractivity contribution in [2.24, 2.45) is 0 Å². The van der Waals surface area contributed by atoms with E-state index in [1.165, 1.54) is 0 Å². The standard InChI is InChI=1S/C15H29N3O3/c1-5-12(6-2)17-14(19)11(4)18-9-8-16-10-13(18)15(20)21-7-3/h11-13,16H,5-10H2,1-4H3,(H,17,19). The third kappa shape index (κ3) is 4.97. The summed E-state index contributed by atoms with van der Waals surface area (Å²) in [6, 6.07) is -0.521. The van der Waals surface area contributed by atoms with E-state index < -0.39 is 0 Å². The third-order valence-electron chi connectivity index (χ3n) is 4.05. The minimum absolute atomic E-state index is 0.0140. The lowest BCUT2D eigenvalue weighted by Crippen LogP contribution is -2.61. The van der Waals surface area contributed by atoms with Crippen molar-refractivity contribution in [2.75, 3.05) is 26.2 Å². The second-order valence-electron chi connectivity index (χ2n) is 5.41. The molecule has 1 aliphatic heterocycles. The maximum absolute atomic E-state index is 12.4. The first kappa shape index (κ1) is 17.9. The van der Waals surface area contributed by atoms with Gasteiger partial charge in [0.1, 0.15) is 6.04 Å². The van der Waals surface area contributed by atoms with Gasteiger partial charge in [-0.15, -0.1) is 0 Å². The predicted molar refractivity (Wildman–Crippen MR) is 82.0 cm³/mol. The quantitative estimate of drug-likeness (QED) is 0.671. The van der Waals surface area contributed by atoms with Crippen LogP contribution in [0.15, 0.2) is 0 Å². The number of amides is 1. The van der Waals surface area contributed by atoms with Gasteiger partial charge in [-0.2, -0.15) is 0 Å². The number of hydrogen-bond donors (Lipinski definition) is 2. The Morgan fingerprint density at radius 2 is 2.00 bits per heavy atom. The van der Waals surface area contributed by atoms with E-state index in [0.717, 1.165) is 19.4 Å². The van der Waals surface area contributed by atoms with Crippen molar-refractivity contribution in [1.29, 1.82) is 0 Å². The Balaban J connectivity index is 2.69. The van der Waals surface area contributed by atoms with E-state index in [2.05, 4.69) is 24.5 Å². The largest absolute Gasteiger partial charge is 0.465 e. The van der Waals surface area contributed by atoms with Crippen LogP contribution in [0.4, 0.5) is 0 Å². The van der Waals surface area contributed by atoms with Crippen molar-refractivity contribution < 1.29 is 14.3 Å². The molecular weight excluding hydrogens is 270 g/mol. The molecule has 1 aliphatic rings. The zero-order valence-electron chi connectivity index (χ0n) is 13.6. The summed E-state index contributed by atoms with van der Waals surface area (Å²) in [6.07, 6.45) is 1.83. The van der Waals surface area contributed by atoms with Crippen LogP contribution in [-0.4, -0.2) is 61.1 Å². The molecule has 0 bridgehead atoms. The minimum atomic E-state index is -0.388. The molecule has 0 aromatic rings. The second kappa shape index (κ2) is 9.00. The first-order chi connectivity index (χ1) is 10.0. The van der Waals surface area contributed by atoms with Gasteiger partial charge in [-0.3, -0.25) is 14.5 Å². The molecule has 1 fully saturated rings. The van der Waals surface area contributed by atoms with Gasteiger partial charge < -0.3 is 15.4 Å². The summed E-state index contributed by atoms with van der Waals surface area (Å²) in [7, 11) is 0. The number of piperazine rings is 1. The van der Waals surface area contributed by atoms with Gasteiger partial charge in [0.25, 0.3) is 0 Å². The summed E-state index contributed by atoms with van der Waals surface area (Å²) in [5, 5.41) is 6.24. The van der Waals surface area contributed by atoms with Crippen LogP contribution in [0.25, 0.3) is 0 Å². The van der Waals surface area contributed by atoms with Crippen molar-refractivity contribution in [3.63, 3.8) is 0 Å². The number of hydrogen-bond acceptors (Lipinski definition) is 5. The summed E-state index contributed by atoms with van der Waals surface area (Å²) in [4.78, 5) is 26.3. The van der Waals surface area contributed by atoms with Crippen LogP contribution >= 0.6 is 0 Å². The second-order valence-corrected chi connectivity index (χ2v) is 5.41. The molecule has 6 heteroatoms. The third-order valence-corrected chi connectivity index (χ3v) is 4.05. The van der Waals surface area contributed by atoms with E-state index in [9.17, 15) is 9.59 Å². The highest BCUT2D eigenvalue weighted by molar-refractivity contribution is 5.83. The molecule has 2 N–H and O–H groups in total. The van der Waals surface area contributed by atoms with Crippen LogP contribution in [0.1, 0.15) is 40.5 Å². The maximum atomic E-state index is 12.4. The minimum Gasteiger partial charge on any atom is -0.465 e. The van der Waals surface area contributed by atoms with Crippen LogP contribution in [0.2, 0.25) is 0 Å². The van der Waals surface area contributed by atoms with E-state index in [0.29, 0.717) is 19.7 Å². The zero-order valence-corrected chi connectivity index (χ0v) is 13.6. The molecule has 1 amide bonds. The molecule has 1 rings (SSSR count).